The molecule has 1 aromatic rings. The highest BCUT2D eigenvalue weighted by molar-refractivity contribution is 5.78. The second-order valence-electron chi connectivity index (χ2n) is 11.2. The molecule has 0 amide bonds. The average molecular weight is 714 g/mol. The van der Waals surface area contributed by atoms with Crippen molar-refractivity contribution in [1.82, 2.24) is 14.8 Å². The number of hydrogen-bond donors (Lipinski definition) is 3. The third-order valence-electron chi connectivity index (χ3n) is 7.30. The van der Waals surface area contributed by atoms with E-state index in [4.69, 9.17) is 34.4 Å². The molecule has 20 heteroatoms. The molecule has 11 nitrogen and oxygen atoms in total. The lowest BCUT2D eigenvalue weighted by atomic mass is 9.75. The van der Waals surface area contributed by atoms with E-state index in [-0.39, 0.29) is 11.4 Å². The van der Waals surface area contributed by atoms with Gasteiger partial charge in [-0.05, 0) is 64.1 Å². The average Bonchev–Trinajstić information content (AvgIpc) is 3.71. The van der Waals surface area contributed by atoms with E-state index in [2.05, 4.69) is 26.9 Å². The van der Waals surface area contributed by atoms with Gasteiger partial charge in [0.05, 0.1) is 17.7 Å². The molecule has 0 bridgehead atoms. The number of carbonyl (C=O) groups excluding carboxylic acids is 1. The van der Waals surface area contributed by atoms with E-state index in [1.807, 2.05) is 19.9 Å². The van der Waals surface area contributed by atoms with Crippen LogP contribution in [0, 0.1) is 24.2 Å². The van der Waals surface area contributed by atoms with Crippen LogP contribution in [0.15, 0.2) is 18.2 Å². The molecule has 1 saturated carbocycles. The molecule has 274 valence electrons. The van der Waals surface area contributed by atoms with Gasteiger partial charge in [0.15, 0.2) is 0 Å². The molecule has 3 heterocycles. The summed E-state index contributed by atoms with van der Waals surface area (Å²) in [5.74, 6) is -6.98. The number of carboxylic acid groups (broad SMARTS) is 3. The van der Waals surface area contributed by atoms with E-state index < -0.39 is 36.4 Å². The lowest BCUT2D eigenvalue weighted by Gasteiger charge is -2.31. The van der Waals surface area contributed by atoms with Gasteiger partial charge in [-0.1, -0.05) is 6.07 Å². The highest BCUT2D eigenvalue weighted by Crippen LogP contribution is 2.45. The Labute approximate surface area is 268 Å². The van der Waals surface area contributed by atoms with Gasteiger partial charge in [0.25, 0.3) is 0 Å². The molecule has 2 saturated heterocycles. The van der Waals surface area contributed by atoms with Crippen molar-refractivity contribution >= 4 is 23.9 Å². The van der Waals surface area contributed by atoms with E-state index in [1.165, 1.54) is 19.4 Å². The monoisotopic (exact) mass is 713 g/mol. The van der Waals surface area contributed by atoms with Crippen LogP contribution in [0.4, 0.5) is 39.5 Å². The second kappa shape index (κ2) is 17.6. The van der Waals surface area contributed by atoms with Crippen molar-refractivity contribution in [2.45, 2.75) is 64.6 Å². The number of alkyl halides is 9. The topological polar surface area (TPSA) is 158 Å². The van der Waals surface area contributed by atoms with E-state index in [1.54, 1.807) is 0 Å². The van der Waals surface area contributed by atoms with Crippen molar-refractivity contribution in [2.24, 2.45) is 17.3 Å². The maximum atomic E-state index is 13.1. The number of nitrogens with zero attached hydrogens (tertiary/aromatic N) is 3. The van der Waals surface area contributed by atoms with Crippen molar-refractivity contribution in [3.05, 3.63) is 29.6 Å². The van der Waals surface area contributed by atoms with Crippen LogP contribution < -0.4 is 0 Å². The summed E-state index contributed by atoms with van der Waals surface area (Å²) in [6, 6.07) is 6.20. The first-order valence-corrected chi connectivity index (χ1v) is 14.4. The number of aliphatic carboxylic acids is 3. The number of halogens is 9. The number of aromatic nitrogens is 1. The zero-order chi connectivity index (χ0) is 37.1. The van der Waals surface area contributed by atoms with Crippen molar-refractivity contribution in [3.8, 4) is 0 Å². The molecule has 1 aromatic heterocycles. The lowest BCUT2D eigenvalue weighted by Crippen LogP contribution is -2.42. The second-order valence-corrected chi connectivity index (χ2v) is 11.2. The smallest absolute Gasteiger partial charge is 0.475 e. The molecule has 2 atom stereocenters. The minimum absolute atomic E-state index is 0.0305. The van der Waals surface area contributed by atoms with Gasteiger partial charge >= 0.3 is 42.4 Å². The number of carboxylic acids is 3. The molecule has 0 aromatic carbocycles. The van der Waals surface area contributed by atoms with Gasteiger partial charge < -0.3 is 25.0 Å². The van der Waals surface area contributed by atoms with Gasteiger partial charge in [-0.3, -0.25) is 14.7 Å². The molecule has 3 fully saturated rings. The molecular formula is C28H36F9N3O8. The van der Waals surface area contributed by atoms with Crippen LogP contribution >= 0.6 is 0 Å². The highest BCUT2D eigenvalue weighted by Gasteiger charge is 2.54. The predicted molar refractivity (Wildman–Crippen MR) is 146 cm³/mol. The third kappa shape index (κ3) is 14.6. The first-order chi connectivity index (χ1) is 21.9. The number of esters is 1. The Morgan fingerprint density at radius 2 is 1.35 bits per heavy atom. The molecule has 2 aliphatic heterocycles. The van der Waals surface area contributed by atoms with E-state index in [0.29, 0.717) is 12.5 Å². The first-order valence-electron chi connectivity index (χ1n) is 14.4. The fraction of sp³-hybridized carbons (Fsp3) is 0.679. The SMILES string of the molecule is CCOC(=O)[C@]12CCCN(CC3CC3)C[C@H]1CN(Cc1cccc(C)n1)C2.O=C(O)C(F)(F)F.O=C(O)C(F)(F)F.O=C(O)C(F)(F)F. The van der Waals surface area contributed by atoms with Crippen LogP contribution in [-0.4, -0.2) is 112 Å². The van der Waals surface area contributed by atoms with Crippen LogP contribution in [0.3, 0.4) is 0 Å². The number of likely N-dealkylation sites (tertiary alicyclic amines) is 2. The summed E-state index contributed by atoms with van der Waals surface area (Å²) < 4.78 is 101. The number of hydrogen-bond acceptors (Lipinski definition) is 8. The number of fused-ring (bicyclic) bond motifs is 1. The Hall–Kier alpha value is -3.68. The van der Waals surface area contributed by atoms with Gasteiger partial charge in [0.2, 0.25) is 0 Å². The summed E-state index contributed by atoms with van der Waals surface area (Å²) in [6.45, 7) is 10.4. The maximum absolute atomic E-state index is 13.1. The molecule has 3 aliphatic rings. The fourth-order valence-electron chi connectivity index (χ4n) is 5.09. The van der Waals surface area contributed by atoms with Crippen LogP contribution in [0.5, 0.6) is 0 Å². The van der Waals surface area contributed by atoms with Crippen LogP contribution in [0.1, 0.15) is 44.0 Å². The minimum Gasteiger partial charge on any atom is -0.475 e. The molecule has 3 N–H and O–H groups in total. The van der Waals surface area contributed by atoms with Gasteiger partial charge in [0.1, 0.15) is 0 Å². The Morgan fingerprint density at radius 1 is 0.875 bits per heavy atom. The standard InChI is InChI=1S/C22H33N3O2.3C2HF3O2/c1-3-27-21(26)22-10-5-11-24(12-18-8-9-18)13-19(22)14-25(16-22)15-20-7-4-6-17(2)23-20;3*3-2(4,5)1(6)7/h4,6-7,18-19H,3,5,8-16H2,1-2H3;3*(H,6,7)/t19-,22-;;;/m0.../s1. The Kier molecular flexibility index (Phi) is 15.6. The Balaban J connectivity index is 0.000000448. The fourth-order valence-corrected chi connectivity index (χ4v) is 5.09. The van der Waals surface area contributed by atoms with Crippen LogP contribution in [0.25, 0.3) is 0 Å². The largest absolute Gasteiger partial charge is 0.490 e. The zero-order valence-electron chi connectivity index (χ0n) is 25.8. The summed E-state index contributed by atoms with van der Waals surface area (Å²) >= 11 is 0. The molecular weight excluding hydrogens is 677 g/mol. The normalized spacial score (nSPS) is 21.4. The summed E-state index contributed by atoms with van der Waals surface area (Å²) in [5.41, 5.74) is 1.81. The van der Waals surface area contributed by atoms with E-state index in [0.717, 1.165) is 62.9 Å². The molecule has 1 aliphatic carbocycles. The summed E-state index contributed by atoms with van der Waals surface area (Å²) in [7, 11) is 0. The summed E-state index contributed by atoms with van der Waals surface area (Å²) in [4.78, 5) is 49.5. The van der Waals surface area contributed by atoms with E-state index >= 15 is 0 Å². The third-order valence-corrected chi connectivity index (χ3v) is 7.30. The number of rotatable bonds is 6. The van der Waals surface area contributed by atoms with Crippen LogP contribution in [-0.2, 0) is 30.5 Å². The number of ether oxygens (including phenoxy) is 1. The molecule has 48 heavy (non-hydrogen) atoms. The summed E-state index contributed by atoms with van der Waals surface area (Å²) in [6.07, 6.45) is -10.4. The van der Waals surface area contributed by atoms with Crippen molar-refractivity contribution in [1.29, 1.82) is 0 Å². The maximum Gasteiger partial charge on any atom is 0.490 e. The number of carbonyl (C=O) groups is 4. The lowest BCUT2D eigenvalue weighted by molar-refractivity contribution is -0.193. The predicted octanol–water partition coefficient (Wildman–Crippen LogP) is 4.78. The zero-order valence-corrected chi connectivity index (χ0v) is 25.8. The van der Waals surface area contributed by atoms with Gasteiger partial charge in [-0.25, -0.2) is 14.4 Å². The van der Waals surface area contributed by atoms with Crippen molar-refractivity contribution in [3.63, 3.8) is 0 Å². The van der Waals surface area contributed by atoms with Gasteiger partial charge in [-0.2, -0.15) is 39.5 Å². The number of aryl methyl sites for hydroxylation is 1. The Morgan fingerprint density at radius 3 is 1.77 bits per heavy atom. The molecule has 0 unspecified atom stereocenters. The summed E-state index contributed by atoms with van der Waals surface area (Å²) in [5, 5.41) is 21.4. The number of pyridine rings is 1. The molecule has 0 spiro atoms. The van der Waals surface area contributed by atoms with Gasteiger partial charge in [0, 0.05) is 44.3 Å². The van der Waals surface area contributed by atoms with E-state index in [9.17, 15) is 44.3 Å². The minimum atomic E-state index is -5.08. The molecule has 0 radical (unpaired) electrons. The van der Waals surface area contributed by atoms with Crippen molar-refractivity contribution in [2.75, 3.05) is 39.3 Å². The highest BCUT2D eigenvalue weighted by atomic mass is 19.4. The Bertz CT molecular complexity index is 1180. The molecule has 4 rings (SSSR count). The van der Waals surface area contributed by atoms with Crippen LogP contribution in [0.2, 0.25) is 0 Å². The van der Waals surface area contributed by atoms with Gasteiger partial charge in [-0.15, -0.1) is 0 Å². The quantitative estimate of drug-likeness (QED) is 0.276. The van der Waals surface area contributed by atoms with Crippen molar-refractivity contribution < 1.29 is 78.7 Å². The first kappa shape index (κ1) is 42.3.